The second-order valence-electron chi connectivity index (χ2n) is 7.01. The Kier molecular flexibility index (Phi) is 6.30. The molecule has 1 amide bonds. The molecule has 1 saturated heterocycles. The van der Waals surface area contributed by atoms with Crippen LogP contribution in [0.3, 0.4) is 0 Å². The van der Waals surface area contributed by atoms with Gasteiger partial charge in [0, 0.05) is 12.1 Å². The first-order valence-electron chi connectivity index (χ1n) is 9.72. The van der Waals surface area contributed by atoms with Gasteiger partial charge in [-0.15, -0.1) is 0 Å². The van der Waals surface area contributed by atoms with Crippen molar-refractivity contribution in [2.24, 2.45) is 0 Å². The van der Waals surface area contributed by atoms with Crippen molar-refractivity contribution in [1.29, 1.82) is 0 Å². The fourth-order valence-electron chi connectivity index (χ4n) is 3.59. The van der Waals surface area contributed by atoms with Crippen molar-refractivity contribution in [1.82, 2.24) is 4.90 Å². The Labute approximate surface area is 175 Å². The highest BCUT2D eigenvalue weighted by Crippen LogP contribution is 2.42. The summed E-state index contributed by atoms with van der Waals surface area (Å²) in [4.78, 5) is 27.1. The van der Waals surface area contributed by atoms with Crippen molar-refractivity contribution in [3.8, 4) is 17.2 Å². The standard InChI is InChI=1S/C23H25NO6/c1-4-5-11-24-20(14-9-10-18(30-3)17(25)13-14)19(22(27)23(24)28)21(26)15-7-6-8-16(12-15)29-2/h6-10,12-13,20,25-26H,4-5,11H2,1-3H3/b21-19-. The molecule has 1 aliphatic heterocycles. The van der Waals surface area contributed by atoms with E-state index in [1.165, 1.54) is 25.2 Å². The lowest BCUT2D eigenvalue weighted by molar-refractivity contribution is -0.139. The number of nitrogens with zero attached hydrogens (tertiary/aromatic N) is 1. The van der Waals surface area contributed by atoms with E-state index < -0.39 is 17.7 Å². The topological polar surface area (TPSA) is 96.3 Å². The molecule has 1 heterocycles. The van der Waals surface area contributed by atoms with Gasteiger partial charge >= 0.3 is 0 Å². The molecule has 0 aliphatic carbocycles. The maximum atomic E-state index is 12.9. The van der Waals surface area contributed by atoms with Crippen LogP contribution in [0.5, 0.6) is 17.2 Å². The summed E-state index contributed by atoms with van der Waals surface area (Å²) in [6.07, 6.45) is 1.53. The predicted molar refractivity (Wildman–Crippen MR) is 112 cm³/mol. The van der Waals surface area contributed by atoms with Gasteiger partial charge in [0.1, 0.15) is 11.5 Å². The maximum Gasteiger partial charge on any atom is 0.295 e. The first-order chi connectivity index (χ1) is 14.4. The number of aromatic hydroxyl groups is 1. The number of unbranched alkanes of at least 4 members (excludes halogenated alkanes) is 1. The molecule has 0 aromatic heterocycles. The Bertz CT molecular complexity index is 997. The molecule has 7 nitrogen and oxygen atoms in total. The molecule has 2 aromatic rings. The van der Waals surface area contributed by atoms with Crippen LogP contribution in [0.15, 0.2) is 48.0 Å². The van der Waals surface area contributed by atoms with E-state index in [1.807, 2.05) is 6.92 Å². The number of ketones is 1. The SMILES string of the molecule is CCCCN1C(=O)C(=O)/C(=C(\O)c2cccc(OC)c2)C1c1ccc(OC)c(O)c1. The van der Waals surface area contributed by atoms with Crippen LogP contribution in [0.2, 0.25) is 0 Å². The zero-order valence-electron chi connectivity index (χ0n) is 17.2. The predicted octanol–water partition coefficient (Wildman–Crippen LogP) is 3.63. The molecule has 7 heteroatoms. The first kappa shape index (κ1) is 21.2. The van der Waals surface area contributed by atoms with Gasteiger partial charge in [-0.2, -0.15) is 0 Å². The molecular weight excluding hydrogens is 386 g/mol. The van der Waals surface area contributed by atoms with Crippen LogP contribution in [0.4, 0.5) is 0 Å². The number of Topliss-reactive ketones (excluding diaryl/α,β-unsaturated/α-hetero) is 1. The van der Waals surface area contributed by atoms with Gasteiger partial charge < -0.3 is 24.6 Å². The zero-order chi connectivity index (χ0) is 21.8. The van der Waals surface area contributed by atoms with Gasteiger partial charge in [-0.25, -0.2) is 0 Å². The number of hydrogen-bond donors (Lipinski definition) is 2. The third kappa shape index (κ3) is 3.83. The Morgan fingerprint density at radius 1 is 1.10 bits per heavy atom. The van der Waals surface area contributed by atoms with Gasteiger partial charge in [0.15, 0.2) is 11.5 Å². The highest BCUT2D eigenvalue weighted by molar-refractivity contribution is 6.46. The number of ether oxygens (including phenoxy) is 2. The fourth-order valence-corrected chi connectivity index (χ4v) is 3.59. The number of methoxy groups -OCH3 is 2. The average molecular weight is 411 g/mol. The molecular formula is C23H25NO6. The van der Waals surface area contributed by atoms with Gasteiger partial charge in [0.05, 0.1) is 25.8 Å². The van der Waals surface area contributed by atoms with E-state index in [-0.39, 0.29) is 22.8 Å². The Hall–Kier alpha value is -3.48. The number of rotatable bonds is 7. The van der Waals surface area contributed by atoms with Crippen molar-refractivity contribution in [3.05, 3.63) is 59.2 Å². The summed E-state index contributed by atoms with van der Waals surface area (Å²) in [5.41, 5.74) is 0.854. The van der Waals surface area contributed by atoms with Crippen LogP contribution in [0.1, 0.15) is 36.9 Å². The van der Waals surface area contributed by atoms with E-state index in [1.54, 1.807) is 36.4 Å². The monoisotopic (exact) mass is 411 g/mol. The first-order valence-corrected chi connectivity index (χ1v) is 9.72. The van der Waals surface area contributed by atoms with Gasteiger partial charge in [-0.3, -0.25) is 9.59 Å². The molecule has 0 radical (unpaired) electrons. The maximum absolute atomic E-state index is 12.9. The van der Waals surface area contributed by atoms with Gasteiger partial charge in [0.2, 0.25) is 0 Å². The van der Waals surface area contributed by atoms with E-state index >= 15 is 0 Å². The number of amides is 1. The summed E-state index contributed by atoms with van der Waals surface area (Å²) in [6.45, 7) is 2.34. The number of hydrogen-bond acceptors (Lipinski definition) is 6. The number of carbonyl (C=O) groups excluding carboxylic acids is 2. The molecule has 2 aromatic carbocycles. The Morgan fingerprint density at radius 2 is 1.87 bits per heavy atom. The van der Waals surface area contributed by atoms with Crippen molar-refractivity contribution in [2.75, 3.05) is 20.8 Å². The van der Waals surface area contributed by atoms with Crippen LogP contribution < -0.4 is 9.47 Å². The molecule has 2 N–H and O–H groups in total. The highest BCUT2D eigenvalue weighted by atomic mass is 16.5. The van der Waals surface area contributed by atoms with Crippen molar-refractivity contribution >= 4 is 17.4 Å². The second-order valence-corrected chi connectivity index (χ2v) is 7.01. The molecule has 0 bridgehead atoms. The molecule has 3 rings (SSSR count). The minimum absolute atomic E-state index is 0.0195. The lowest BCUT2D eigenvalue weighted by Crippen LogP contribution is -2.30. The minimum atomic E-state index is -0.820. The lowest BCUT2D eigenvalue weighted by Gasteiger charge is -2.25. The average Bonchev–Trinajstić information content (AvgIpc) is 3.01. The smallest absolute Gasteiger partial charge is 0.295 e. The molecule has 0 saturated carbocycles. The van der Waals surface area contributed by atoms with Gasteiger partial charge in [0.25, 0.3) is 11.7 Å². The van der Waals surface area contributed by atoms with Crippen LogP contribution in [-0.2, 0) is 9.59 Å². The van der Waals surface area contributed by atoms with E-state index in [9.17, 15) is 19.8 Å². The summed E-state index contributed by atoms with van der Waals surface area (Å²) >= 11 is 0. The number of phenolic OH excluding ortho intramolecular Hbond substituents is 1. The second kappa shape index (κ2) is 8.90. The third-order valence-electron chi connectivity index (χ3n) is 5.15. The number of aliphatic hydroxyl groups excluding tert-OH is 1. The number of carbonyl (C=O) groups is 2. The van der Waals surface area contributed by atoms with Crippen molar-refractivity contribution in [2.45, 2.75) is 25.8 Å². The summed E-state index contributed by atoms with van der Waals surface area (Å²) in [5.74, 6) is -1.04. The number of aliphatic hydroxyl groups is 1. The lowest BCUT2D eigenvalue weighted by atomic mass is 9.95. The molecule has 1 fully saturated rings. The minimum Gasteiger partial charge on any atom is -0.507 e. The van der Waals surface area contributed by atoms with E-state index in [4.69, 9.17) is 9.47 Å². The molecule has 1 unspecified atom stereocenters. The van der Waals surface area contributed by atoms with Crippen molar-refractivity contribution < 1.29 is 29.3 Å². The van der Waals surface area contributed by atoms with Gasteiger partial charge in [-0.05, 0) is 36.2 Å². The molecule has 158 valence electrons. The molecule has 30 heavy (non-hydrogen) atoms. The van der Waals surface area contributed by atoms with Crippen LogP contribution >= 0.6 is 0 Å². The normalized spacial score (nSPS) is 18.0. The largest absolute Gasteiger partial charge is 0.507 e. The Balaban J connectivity index is 2.18. The Morgan fingerprint density at radius 3 is 2.50 bits per heavy atom. The van der Waals surface area contributed by atoms with E-state index in [0.29, 0.717) is 29.8 Å². The highest BCUT2D eigenvalue weighted by Gasteiger charge is 2.45. The van der Waals surface area contributed by atoms with Crippen LogP contribution in [0.25, 0.3) is 5.76 Å². The summed E-state index contributed by atoms with van der Waals surface area (Å²) in [6, 6.07) is 10.5. The number of likely N-dealkylation sites (tertiary alicyclic amines) is 1. The van der Waals surface area contributed by atoms with Crippen LogP contribution in [-0.4, -0.2) is 47.6 Å². The number of benzene rings is 2. The third-order valence-corrected chi connectivity index (χ3v) is 5.15. The molecule has 1 atom stereocenters. The number of phenols is 1. The molecule has 0 spiro atoms. The van der Waals surface area contributed by atoms with Crippen LogP contribution in [0, 0.1) is 0 Å². The van der Waals surface area contributed by atoms with E-state index in [0.717, 1.165) is 6.42 Å². The molecule has 1 aliphatic rings. The van der Waals surface area contributed by atoms with Gasteiger partial charge in [-0.1, -0.05) is 31.5 Å². The fraction of sp³-hybridized carbons (Fsp3) is 0.304. The summed E-state index contributed by atoms with van der Waals surface area (Å²) in [7, 11) is 2.94. The summed E-state index contributed by atoms with van der Waals surface area (Å²) < 4.78 is 10.3. The van der Waals surface area contributed by atoms with Crippen molar-refractivity contribution in [3.63, 3.8) is 0 Å². The summed E-state index contributed by atoms with van der Waals surface area (Å²) in [5, 5.41) is 21.3. The zero-order valence-corrected chi connectivity index (χ0v) is 17.2. The quantitative estimate of drug-likeness (QED) is 0.410. The van der Waals surface area contributed by atoms with E-state index in [2.05, 4.69) is 0 Å².